The van der Waals surface area contributed by atoms with Gasteiger partial charge in [0.25, 0.3) is 0 Å². The lowest BCUT2D eigenvalue weighted by Gasteiger charge is -2.21. The lowest BCUT2D eigenvalue weighted by molar-refractivity contribution is 0.427. The van der Waals surface area contributed by atoms with E-state index in [0.29, 0.717) is 28.3 Å². The minimum Gasteiger partial charge on any atom is -0.270 e. The van der Waals surface area contributed by atoms with Crippen LogP contribution >= 0.6 is 27.5 Å². The Hall–Kier alpha value is -0.300. The fourth-order valence-electron chi connectivity index (χ4n) is 2.07. The van der Waals surface area contributed by atoms with Crippen LogP contribution in [0.15, 0.2) is 22.7 Å². The molecule has 1 aliphatic heterocycles. The molecule has 0 radical (unpaired) electrons. The van der Waals surface area contributed by atoms with E-state index in [1.807, 2.05) is 0 Å². The summed E-state index contributed by atoms with van der Waals surface area (Å²) in [5, 5.41) is 0.482. The van der Waals surface area contributed by atoms with Crippen LogP contribution in [0.2, 0.25) is 5.02 Å². The van der Waals surface area contributed by atoms with Gasteiger partial charge < -0.3 is 0 Å². The number of hydrogen-bond acceptors (Lipinski definition) is 2. The molecule has 0 aromatic heterocycles. The van der Waals surface area contributed by atoms with Gasteiger partial charge in [-0.05, 0) is 40.9 Å². The molecule has 7 heteroatoms. The average molecular weight is 368 g/mol. The van der Waals surface area contributed by atoms with Gasteiger partial charge in [0.15, 0.2) is 0 Å². The molecule has 0 aliphatic carbocycles. The standard InChI is InChI=1S/C12H16BrClN2O2S/c13-12-10(14)6-5-7-11(12)15-19(17,18)16-8-3-1-2-4-9-16/h5-7,15H,1-4,8-9H2. The molecule has 19 heavy (non-hydrogen) atoms. The molecule has 1 fully saturated rings. The van der Waals surface area contributed by atoms with Crippen LogP contribution in [0.1, 0.15) is 25.7 Å². The fourth-order valence-corrected chi connectivity index (χ4v) is 4.05. The Labute approximate surface area is 127 Å². The minimum atomic E-state index is -3.50. The van der Waals surface area contributed by atoms with Crippen molar-refractivity contribution in [2.24, 2.45) is 0 Å². The van der Waals surface area contributed by atoms with Crippen LogP contribution in [0.25, 0.3) is 0 Å². The predicted molar refractivity (Wildman–Crippen MR) is 81.7 cm³/mol. The van der Waals surface area contributed by atoms with Crippen LogP contribution in [0.3, 0.4) is 0 Å². The topological polar surface area (TPSA) is 49.4 Å². The van der Waals surface area contributed by atoms with E-state index in [9.17, 15) is 8.42 Å². The molecule has 1 aromatic carbocycles. The zero-order valence-electron chi connectivity index (χ0n) is 10.4. The Morgan fingerprint density at radius 2 is 1.79 bits per heavy atom. The van der Waals surface area contributed by atoms with Crippen molar-refractivity contribution < 1.29 is 8.42 Å². The molecular formula is C12H16BrClN2O2S. The molecular weight excluding hydrogens is 352 g/mol. The smallest absolute Gasteiger partial charge is 0.270 e. The number of rotatable bonds is 3. The van der Waals surface area contributed by atoms with E-state index in [2.05, 4.69) is 20.7 Å². The fraction of sp³-hybridized carbons (Fsp3) is 0.500. The van der Waals surface area contributed by atoms with Crippen molar-refractivity contribution in [2.75, 3.05) is 17.8 Å². The third kappa shape index (κ3) is 3.84. The lowest BCUT2D eigenvalue weighted by atomic mass is 10.2. The molecule has 106 valence electrons. The first-order valence-electron chi connectivity index (χ1n) is 6.22. The average Bonchev–Trinajstić information content (AvgIpc) is 2.64. The highest BCUT2D eigenvalue weighted by Gasteiger charge is 2.23. The highest BCUT2D eigenvalue weighted by molar-refractivity contribution is 9.10. The van der Waals surface area contributed by atoms with Gasteiger partial charge in [-0.1, -0.05) is 30.5 Å². The van der Waals surface area contributed by atoms with Crippen LogP contribution in [-0.4, -0.2) is 25.8 Å². The third-order valence-electron chi connectivity index (χ3n) is 3.10. The van der Waals surface area contributed by atoms with Crippen molar-refractivity contribution in [1.82, 2.24) is 4.31 Å². The van der Waals surface area contributed by atoms with Crippen LogP contribution in [-0.2, 0) is 10.2 Å². The van der Waals surface area contributed by atoms with Gasteiger partial charge in [0, 0.05) is 13.1 Å². The second-order valence-corrected chi connectivity index (χ2v) is 7.39. The number of nitrogens with zero attached hydrogens (tertiary/aromatic N) is 1. The van der Waals surface area contributed by atoms with Crippen molar-refractivity contribution in [3.05, 3.63) is 27.7 Å². The molecule has 0 unspecified atom stereocenters. The Bertz CT molecular complexity index is 543. The van der Waals surface area contributed by atoms with Crippen LogP contribution in [0.4, 0.5) is 5.69 Å². The maximum Gasteiger partial charge on any atom is 0.301 e. The van der Waals surface area contributed by atoms with Crippen LogP contribution in [0.5, 0.6) is 0 Å². The van der Waals surface area contributed by atoms with E-state index < -0.39 is 10.2 Å². The van der Waals surface area contributed by atoms with Crippen molar-refractivity contribution in [1.29, 1.82) is 0 Å². The summed E-state index contributed by atoms with van der Waals surface area (Å²) in [6.07, 6.45) is 4.01. The van der Waals surface area contributed by atoms with E-state index in [1.54, 1.807) is 18.2 Å². The van der Waals surface area contributed by atoms with Gasteiger partial charge in [0.2, 0.25) is 0 Å². The summed E-state index contributed by atoms with van der Waals surface area (Å²) in [6, 6.07) is 5.11. The molecule has 0 bridgehead atoms. The molecule has 1 aliphatic rings. The molecule has 1 saturated heterocycles. The van der Waals surface area contributed by atoms with Gasteiger partial charge in [-0.15, -0.1) is 0 Å². The monoisotopic (exact) mass is 366 g/mol. The summed E-state index contributed by atoms with van der Waals surface area (Å²) >= 11 is 9.25. The van der Waals surface area contributed by atoms with E-state index in [4.69, 9.17) is 11.6 Å². The van der Waals surface area contributed by atoms with Crippen molar-refractivity contribution in [3.63, 3.8) is 0 Å². The first kappa shape index (κ1) is 15.1. The van der Waals surface area contributed by atoms with Gasteiger partial charge in [0.1, 0.15) is 0 Å². The molecule has 0 spiro atoms. The van der Waals surface area contributed by atoms with Gasteiger partial charge in [-0.2, -0.15) is 12.7 Å². The van der Waals surface area contributed by atoms with Crippen LogP contribution < -0.4 is 4.72 Å². The van der Waals surface area contributed by atoms with E-state index >= 15 is 0 Å². The van der Waals surface area contributed by atoms with Crippen molar-refractivity contribution in [2.45, 2.75) is 25.7 Å². The molecule has 4 nitrogen and oxygen atoms in total. The maximum absolute atomic E-state index is 12.3. The summed E-state index contributed by atoms with van der Waals surface area (Å²) in [4.78, 5) is 0. The Balaban J connectivity index is 2.18. The first-order chi connectivity index (χ1) is 9.00. The van der Waals surface area contributed by atoms with Crippen molar-refractivity contribution >= 4 is 43.4 Å². The summed E-state index contributed by atoms with van der Waals surface area (Å²) in [5.74, 6) is 0. The number of benzene rings is 1. The highest BCUT2D eigenvalue weighted by atomic mass is 79.9. The van der Waals surface area contributed by atoms with E-state index in [1.165, 1.54) is 4.31 Å². The van der Waals surface area contributed by atoms with Gasteiger partial charge in [-0.25, -0.2) is 0 Å². The van der Waals surface area contributed by atoms with E-state index in [0.717, 1.165) is 25.7 Å². The minimum absolute atomic E-state index is 0.469. The molecule has 1 N–H and O–H groups in total. The Morgan fingerprint density at radius 1 is 1.16 bits per heavy atom. The largest absolute Gasteiger partial charge is 0.301 e. The zero-order chi connectivity index (χ0) is 13.9. The maximum atomic E-state index is 12.3. The molecule has 0 amide bonds. The molecule has 1 heterocycles. The van der Waals surface area contributed by atoms with Gasteiger partial charge >= 0.3 is 10.2 Å². The van der Waals surface area contributed by atoms with Crippen molar-refractivity contribution in [3.8, 4) is 0 Å². The quantitative estimate of drug-likeness (QED) is 0.887. The Morgan fingerprint density at radius 3 is 2.42 bits per heavy atom. The Kier molecular flexibility index (Phi) is 5.11. The normalized spacial score (nSPS) is 18.0. The van der Waals surface area contributed by atoms with Gasteiger partial charge in [-0.3, -0.25) is 4.72 Å². The number of anilines is 1. The highest BCUT2D eigenvalue weighted by Crippen LogP contribution is 2.31. The summed E-state index contributed by atoms with van der Waals surface area (Å²) in [6.45, 7) is 1.15. The zero-order valence-corrected chi connectivity index (χ0v) is 13.6. The molecule has 1 aromatic rings. The molecule has 2 rings (SSSR count). The lowest BCUT2D eigenvalue weighted by Crippen LogP contribution is -2.36. The SMILES string of the molecule is O=S(=O)(Nc1cccc(Cl)c1Br)N1CCCCCC1. The predicted octanol–water partition coefficient (Wildman–Crippen LogP) is 3.64. The number of hydrogen-bond donors (Lipinski definition) is 1. The summed E-state index contributed by atoms with van der Waals surface area (Å²) in [5.41, 5.74) is 0.469. The van der Waals surface area contributed by atoms with E-state index in [-0.39, 0.29) is 0 Å². The van der Waals surface area contributed by atoms with Crippen LogP contribution in [0, 0.1) is 0 Å². The second-order valence-electron chi connectivity index (χ2n) is 4.52. The summed E-state index contributed by atoms with van der Waals surface area (Å²) < 4.78 is 29.3. The molecule has 0 atom stereocenters. The third-order valence-corrected chi connectivity index (χ3v) is 6.02. The number of nitrogens with one attached hydrogen (secondary N) is 1. The number of halogens is 2. The van der Waals surface area contributed by atoms with Gasteiger partial charge in [0.05, 0.1) is 15.2 Å². The summed E-state index contributed by atoms with van der Waals surface area (Å²) in [7, 11) is -3.50. The first-order valence-corrected chi connectivity index (χ1v) is 8.84. The molecule has 0 saturated carbocycles. The second kappa shape index (κ2) is 6.43.